The number of ether oxygens (including phenoxy) is 1. The summed E-state index contributed by atoms with van der Waals surface area (Å²) in [6.45, 7) is 6.93. The van der Waals surface area contributed by atoms with E-state index in [-0.39, 0.29) is 0 Å². The molecule has 2 rings (SSSR count). The lowest BCUT2D eigenvalue weighted by Gasteiger charge is -2.32. The highest BCUT2D eigenvalue weighted by Gasteiger charge is 2.24. The Hall–Kier alpha value is -1.02. The molecule has 1 aliphatic carbocycles. The highest BCUT2D eigenvalue weighted by Crippen LogP contribution is 2.33. The minimum Gasteiger partial charge on any atom is -0.497 e. The second kappa shape index (κ2) is 7.12. The van der Waals surface area contributed by atoms with E-state index in [4.69, 9.17) is 4.74 Å². The third-order valence-electron chi connectivity index (χ3n) is 4.89. The van der Waals surface area contributed by atoms with Gasteiger partial charge in [0.25, 0.3) is 0 Å². The standard InChI is InChI=1S/C18H29NO/c1-5-14(6-2)13(3)19-18-9-7-8-15-10-11-16(20-4)12-17(15)18/h10-14,18-19H,5-9H2,1-4H3. The Morgan fingerprint density at radius 2 is 2.05 bits per heavy atom. The van der Waals surface area contributed by atoms with E-state index >= 15 is 0 Å². The van der Waals surface area contributed by atoms with Crippen LogP contribution in [0.4, 0.5) is 0 Å². The molecule has 2 atom stereocenters. The molecule has 0 spiro atoms. The minimum absolute atomic E-state index is 0.490. The van der Waals surface area contributed by atoms with Crippen molar-refractivity contribution < 1.29 is 4.74 Å². The van der Waals surface area contributed by atoms with Crippen molar-refractivity contribution >= 4 is 0 Å². The van der Waals surface area contributed by atoms with Crippen LogP contribution in [0.1, 0.15) is 63.6 Å². The summed E-state index contributed by atoms with van der Waals surface area (Å²) in [6.07, 6.45) is 6.23. The molecule has 1 aromatic rings. The summed E-state index contributed by atoms with van der Waals surface area (Å²) in [5.74, 6) is 1.75. The molecule has 0 radical (unpaired) electrons. The number of nitrogens with one attached hydrogen (secondary N) is 1. The SMILES string of the molecule is CCC(CC)C(C)NC1CCCc2ccc(OC)cc21. The Balaban J connectivity index is 2.15. The molecule has 1 aliphatic rings. The topological polar surface area (TPSA) is 21.3 Å². The van der Waals surface area contributed by atoms with Gasteiger partial charge in [-0.05, 0) is 55.4 Å². The monoisotopic (exact) mass is 275 g/mol. The van der Waals surface area contributed by atoms with Gasteiger partial charge in [-0.15, -0.1) is 0 Å². The van der Waals surface area contributed by atoms with Crippen LogP contribution in [0.25, 0.3) is 0 Å². The summed E-state index contributed by atoms with van der Waals surface area (Å²) in [5, 5.41) is 3.87. The number of hydrogen-bond donors (Lipinski definition) is 1. The smallest absolute Gasteiger partial charge is 0.119 e. The van der Waals surface area contributed by atoms with E-state index in [2.05, 4.69) is 44.3 Å². The third kappa shape index (κ3) is 3.35. The van der Waals surface area contributed by atoms with E-state index in [9.17, 15) is 0 Å². The molecule has 112 valence electrons. The summed E-state index contributed by atoms with van der Waals surface area (Å²) < 4.78 is 5.40. The third-order valence-corrected chi connectivity index (χ3v) is 4.89. The van der Waals surface area contributed by atoms with Crippen molar-refractivity contribution in [3.05, 3.63) is 29.3 Å². The quantitative estimate of drug-likeness (QED) is 0.826. The van der Waals surface area contributed by atoms with Crippen LogP contribution in [0.3, 0.4) is 0 Å². The highest BCUT2D eigenvalue weighted by molar-refractivity contribution is 5.39. The molecule has 1 N–H and O–H groups in total. The number of fused-ring (bicyclic) bond motifs is 1. The maximum atomic E-state index is 5.40. The van der Waals surface area contributed by atoms with E-state index in [0.29, 0.717) is 12.1 Å². The van der Waals surface area contributed by atoms with E-state index in [0.717, 1.165) is 11.7 Å². The normalized spacial score (nSPS) is 19.8. The Labute approximate surface area is 123 Å². The number of hydrogen-bond acceptors (Lipinski definition) is 2. The first-order valence-electron chi connectivity index (χ1n) is 8.12. The minimum atomic E-state index is 0.490. The van der Waals surface area contributed by atoms with Crippen LogP contribution >= 0.6 is 0 Å². The van der Waals surface area contributed by atoms with Gasteiger partial charge in [-0.2, -0.15) is 0 Å². The maximum absolute atomic E-state index is 5.40. The first-order valence-corrected chi connectivity index (χ1v) is 8.12. The average molecular weight is 275 g/mol. The number of aryl methyl sites for hydroxylation is 1. The van der Waals surface area contributed by atoms with Gasteiger partial charge in [0.2, 0.25) is 0 Å². The molecule has 1 aromatic carbocycles. The molecule has 2 heteroatoms. The predicted octanol–water partition coefficient (Wildman–Crippen LogP) is 4.49. The van der Waals surface area contributed by atoms with Crippen molar-refractivity contribution in [3.63, 3.8) is 0 Å². The highest BCUT2D eigenvalue weighted by atomic mass is 16.5. The number of benzene rings is 1. The zero-order valence-electron chi connectivity index (χ0n) is 13.4. The number of rotatable bonds is 6. The molecule has 0 aliphatic heterocycles. The van der Waals surface area contributed by atoms with Crippen molar-refractivity contribution in [3.8, 4) is 5.75 Å². The molecule has 0 saturated heterocycles. The average Bonchev–Trinajstić information content (AvgIpc) is 2.48. The summed E-state index contributed by atoms with van der Waals surface area (Å²) in [7, 11) is 1.75. The van der Waals surface area contributed by atoms with Gasteiger partial charge < -0.3 is 10.1 Å². The van der Waals surface area contributed by atoms with Gasteiger partial charge >= 0.3 is 0 Å². The van der Waals surface area contributed by atoms with Gasteiger partial charge in [-0.25, -0.2) is 0 Å². The Morgan fingerprint density at radius 1 is 1.30 bits per heavy atom. The van der Waals surface area contributed by atoms with Crippen LogP contribution in [-0.4, -0.2) is 13.2 Å². The molecule has 20 heavy (non-hydrogen) atoms. The van der Waals surface area contributed by atoms with Crippen molar-refractivity contribution in [2.75, 3.05) is 7.11 Å². The van der Waals surface area contributed by atoms with Crippen molar-refractivity contribution in [1.82, 2.24) is 5.32 Å². The van der Waals surface area contributed by atoms with Gasteiger partial charge in [-0.1, -0.05) is 32.8 Å². The van der Waals surface area contributed by atoms with Gasteiger partial charge in [0.05, 0.1) is 7.11 Å². The molecule has 0 amide bonds. The zero-order chi connectivity index (χ0) is 14.5. The van der Waals surface area contributed by atoms with Crippen LogP contribution in [0.2, 0.25) is 0 Å². The van der Waals surface area contributed by atoms with E-state index in [1.54, 1.807) is 7.11 Å². The largest absolute Gasteiger partial charge is 0.497 e. The molecule has 2 nitrogen and oxygen atoms in total. The van der Waals surface area contributed by atoms with Gasteiger partial charge in [0, 0.05) is 12.1 Å². The molecule has 0 bridgehead atoms. The van der Waals surface area contributed by atoms with Crippen LogP contribution < -0.4 is 10.1 Å². The van der Waals surface area contributed by atoms with Crippen LogP contribution in [-0.2, 0) is 6.42 Å². The first kappa shape index (κ1) is 15.4. The molecule has 0 saturated carbocycles. The molecular weight excluding hydrogens is 246 g/mol. The Bertz CT molecular complexity index is 425. The molecule has 0 heterocycles. The Morgan fingerprint density at radius 3 is 2.70 bits per heavy atom. The van der Waals surface area contributed by atoms with Crippen LogP contribution in [0, 0.1) is 5.92 Å². The van der Waals surface area contributed by atoms with Gasteiger partial charge in [0.1, 0.15) is 5.75 Å². The summed E-state index contributed by atoms with van der Waals surface area (Å²) in [4.78, 5) is 0. The van der Waals surface area contributed by atoms with Crippen molar-refractivity contribution in [2.24, 2.45) is 5.92 Å². The molecule has 0 fully saturated rings. The predicted molar refractivity (Wildman–Crippen MR) is 85.3 cm³/mol. The second-order valence-corrected chi connectivity index (χ2v) is 6.04. The van der Waals surface area contributed by atoms with E-state index < -0.39 is 0 Å². The van der Waals surface area contributed by atoms with Gasteiger partial charge in [-0.3, -0.25) is 0 Å². The zero-order valence-corrected chi connectivity index (χ0v) is 13.4. The lowest BCUT2D eigenvalue weighted by atomic mass is 9.86. The fourth-order valence-electron chi connectivity index (χ4n) is 3.53. The maximum Gasteiger partial charge on any atom is 0.119 e. The van der Waals surface area contributed by atoms with E-state index in [1.807, 2.05) is 0 Å². The van der Waals surface area contributed by atoms with E-state index in [1.165, 1.54) is 43.2 Å². The first-order chi connectivity index (χ1) is 9.69. The lowest BCUT2D eigenvalue weighted by molar-refractivity contribution is 0.306. The Kier molecular flexibility index (Phi) is 5.47. The summed E-state index contributed by atoms with van der Waals surface area (Å²) >= 11 is 0. The molecular formula is C18H29NO. The molecule has 0 aromatic heterocycles. The molecule has 2 unspecified atom stereocenters. The number of methoxy groups -OCH3 is 1. The summed E-state index contributed by atoms with van der Waals surface area (Å²) in [6, 6.07) is 7.62. The van der Waals surface area contributed by atoms with Crippen LogP contribution in [0.15, 0.2) is 18.2 Å². The van der Waals surface area contributed by atoms with Crippen molar-refractivity contribution in [1.29, 1.82) is 0 Å². The summed E-state index contributed by atoms with van der Waals surface area (Å²) in [5.41, 5.74) is 2.94. The van der Waals surface area contributed by atoms with Gasteiger partial charge in [0.15, 0.2) is 0 Å². The second-order valence-electron chi connectivity index (χ2n) is 6.04. The fraction of sp³-hybridized carbons (Fsp3) is 0.667. The lowest BCUT2D eigenvalue weighted by Crippen LogP contribution is -2.37. The van der Waals surface area contributed by atoms with Crippen LogP contribution in [0.5, 0.6) is 5.75 Å². The fourth-order valence-corrected chi connectivity index (χ4v) is 3.53. The van der Waals surface area contributed by atoms with Crippen molar-refractivity contribution in [2.45, 2.75) is 65.0 Å².